The SMILES string of the molecule is C#CCN(C)CCc1ccccc1C(=O)O. The van der Waals surface area contributed by atoms with Crippen molar-refractivity contribution >= 4 is 5.97 Å². The molecule has 0 fully saturated rings. The third-order valence-electron chi connectivity index (χ3n) is 2.37. The van der Waals surface area contributed by atoms with Gasteiger partial charge in [-0.3, -0.25) is 4.90 Å². The Labute approximate surface area is 95.7 Å². The summed E-state index contributed by atoms with van der Waals surface area (Å²) in [4.78, 5) is 12.9. The van der Waals surface area contributed by atoms with Crippen LogP contribution in [-0.4, -0.2) is 36.1 Å². The number of benzene rings is 1. The van der Waals surface area contributed by atoms with Gasteiger partial charge in [0.1, 0.15) is 0 Å². The van der Waals surface area contributed by atoms with E-state index in [4.69, 9.17) is 11.5 Å². The predicted molar refractivity (Wildman–Crippen MR) is 63.4 cm³/mol. The monoisotopic (exact) mass is 217 g/mol. The van der Waals surface area contributed by atoms with Crippen molar-refractivity contribution in [1.29, 1.82) is 0 Å². The quantitative estimate of drug-likeness (QED) is 0.760. The summed E-state index contributed by atoms with van der Waals surface area (Å²) in [6, 6.07) is 7.05. The summed E-state index contributed by atoms with van der Waals surface area (Å²) >= 11 is 0. The van der Waals surface area contributed by atoms with Crippen LogP contribution in [0.3, 0.4) is 0 Å². The molecule has 0 saturated heterocycles. The van der Waals surface area contributed by atoms with E-state index in [1.54, 1.807) is 12.1 Å². The van der Waals surface area contributed by atoms with Crippen LogP contribution in [0.15, 0.2) is 24.3 Å². The Kier molecular flexibility index (Phi) is 4.56. The maximum absolute atomic E-state index is 10.9. The van der Waals surface area contributed by atoms with E-state index in [0.717, 1.165) is 12.1 Å². The Morgan fingerprint density at radius 2 is 2.19 bits per heavy atom. The fourth-order valence-electron chi connectivity index (χ4n) is 1.49. The molecule has 1 aromatic carbocycles. The molecule has 0 amide bonds. The molecule has 0 saturated carbocycles. The Balaban J connectivity index is 2.67. The number of hydrogen-bond donors (Lipinski definition) is 1. The minimum absolute atomic E-state index is 0.372. The third-order valence-corrected chi connectivity index (χ3v) is 2.37. The van der Waals surface area contributed by atoms with Crippen LogP contribution < -0.4 is 0 Å². The van der Waals surface area contributed by atoms with E-state index in [9.17, 15) is 4.79 Å². The summed E-state index contributed by atoms with van der Waals surface area (Å²) in [7, 11) is 1.92. The van der Waals surface area contributed by atoms with Gasteiger partial charge in [-0.25, -0.2) is 4.79 Å². The van der Waals surface area contributed by atoms with Crippen molar-refractivity contribution in [3.05, 3.63) is 35.4 Å². The minimum atomic E-state index is -0.879. The molecule has 0 bridgehead atoms. The summed E-state index contributed by atoms with van der Waals surface area (Å²) in [6.45, 7) is 1.34. The zero-order valence-electron chi connectivity index (χ0n) is 9.31. The predicted octanol–water partition coefficient (Wildman–Crippen LogP) is 1.49. The molecular formula is C13H15NO2. The molecule has 0 unspecified atom stereocenters. The molecule has 3 nitrogen and oxygen atoms in total. The summed E-state index contributed by atoms with van der Waals surface area (Å²) in [5.41, 5.74) is 1.22. The lowest BCUT2D eigenvalue weighted by atomic mass is 10.0. The molecule has 16 heavy (non-hydrogen) atoms. The number of aromatic carboxylic acids is 1. The number of likely N-dealkylation sites (N-methyl/N-ethyl adjacent to an activating group) is 1. The standard InChI is InChI=1S/C13H15NO2/c1-3-9-14(2)10-8-11-6-4-5-7-12(11)13(15)16/h1,4-7H,8-10H2,2H3,(H,15,16). The van der Waals surface area contributed by atoms with Crippen LogP contribution in [0, 0.1) is 12.3 Å². The largest absolute Gasteiger partial charge is 0.478 e. The fourth-order valence-corrected chi connectivity index (χ4v) is 1.49. The molecule has 1 N–H and O–H groups in total. The molecule has 0 radical (unpaired) electrons. The van der Waals surface area contributed by atoms with Gasteiger partial charge in [0, 0.05) is 6.54 Å². The summed E-state index contributed by atoms with van der Waals surface area (Å²) in [5, 5.41) is 8.99. The zero-order chi connectivity index (χ0) is 12.0. The number of carbonyl (C=O) groups is 1. The maximum atomic E-state index is 10.9. The van der Waals surface area contributed by atoms with Crippen LogP contribution >= 0.6 is 0 Å². The summed E-state index contributed by atoms with van der Waals surface area (Å²) < 4.78 is 0. The summed E-state index contributed by atoms with van der Waals surface area (Å²) in [5.74, 6) is 1.67. The van der Waals surface area contributed by atoms with Crippen LogP contribution in [0.1, 0.15) is 15.9 Å². The molecule has 1 aromatic rings. The first-order valence-electron chi connectivity index (χ1n) is 5.08. The van der Waals surface area contributed by atoms with Gasteiger partial charge >= 0.3 is 5.97 Å². The van der Waals surface area contributed by atoms with Crippen molar-refractivity contribution in [2.45, 2.75) is 6.42 Å². The number of hydrogen-bond acceptors (Lipinski definition) is 2. The van der Waals surface area contributed by atoms with Crippen molar-refractivity contribution in [3.63, 3.8) is 0 Å². The summed E-state index contributed by atoms with van der Waals surface area (Å²) in [6.07, 6.45) is 5.89. The van der Waals surface area contributed by atoms with E-state index in [1.807, 2.05) is 24.1 Å². The number of rotatable bonds is 5. The highest BCUT2D eigenvalue weighted by Gasteiger charge is 2.08. The Morgan fingerprint density at radius 3 is 2.81 bits per heavy atom. The highest BCUT2D eigenvalue weighted by atomic mass is 16.4. The molecule has 0 aliphatic heterocycles. The van der Waals surface area contributed by atoms with Crippen molar-refractivity contribution in [1.82, 2.24) is 4.90 Å². The lowest BCUT2D eigenvalue weighted by Gasteiger charge is -2.13. The second kappa shape index (κ2) is 5.94. The van der Waals surface area contributed by atoms with Gasteiger partial charge < -0.3 is 5.11 Å². The highest BCUT2D eigenvalue weighted by molar-refractivity contribution is 5.89. The molecule has 0 aromatic heterocycles. The molecule has 3 heteroatoms. The van der Waals surface area contributed by atoms with Crippen LogP contribution in [0.2, 0.25) is 0 Å². The smallest absolute Gasteiger partial charge is 0.335 e. The van der Waals surface area contributed by atoms with E-state index >= 15 is 0 Å². The van der Waals surface area contributed by atoms with Crippen molar-refractivity contribution in [2.75, 3.05) is 20.1 Å². The molecule has 1 rings (SSSR count). The number of carboxylic acid groups (broad SMARTS) is 1. The van der Waals surface area contributed by atoms with Crippen LogP contribution in [-0.2, 0) is 6.42 Å². The van der Waals surface area contributed by atoms with E-state index in [2.05, 4.69) is 5.92 Å². The average molecular weight is 217 g/mol. The second-order valence-corrected chi connectivity index (χ2v) is 3.65. The number of nitrogens with zero attached hydrogens (tertiary/aromatic N) is 1. The lowest BCUT2D eigenvalue weighted by molar-refractivity contribution is 0.0695. The Bertz CT molecular complexity index is 407. The van der Waals surface area contributed by atoms with E-state index in [0.29, 0.717) is 18.5 Å². The van der Waals surface area contributed by atoms with Gasteiger partial charge in [-0.05, 0) is 25.1 Å². The first-order valence-corrected chi connectivity index (χ1v) is 5.08. The number of carboxylic acids is 1. The first-order chi connectivity index (χ1) is 7.65. The van der Waals surface area contributed by atoms with E-state index in [-0.39, 0.29) is 0 Å². The van der Waals surface area contributed by atoms with Gasteiger partial charge in [0.05, 0.1) is 12.1 Å². The van der Waals surface area contributed by atoms with Gasteiger partial charge in [0.25, 0.3) is 0 Å². The van der Waals surface area contributed by atoms with Gasteiger partial charge in [-0.2, -0.15) is 0 Å². The van der Waals surface area contributed by atoms with Crippen LogP contribution in [0.4, 0.5) is 0 Å². The van der Waals surface area contributed by atoms with Gasteiger partial charge in [-0.1, -0.05) is 24.1 Å². The third kappa shape index (κ3) is 3.41. The van der Waals surface area contributed by atoms with Gasteiger partial charge in [-0.15, -0.1) is 6.42 Å². The van der Waals surface area contributed by atoms with Crippen molar-refractivity contribution in [3.8, 4) is 12.3 Å². The van der Waals surface area contributed by atoms with Gasteiger partial charge in [0.2, 0.25) is 0 Å². The topological polar surface area (TPSA) is 40.5 Å². The average Bonchev–Trinajstić information content (AvgIpc) is 2.27. The molecule has 0 spiro atoms. The normalized spacial score (nSPS) is 10.1. The molecule has 0 aliphatic carbocycles. The molecule has 0 atom stereocenters. The first kappa shape index (κ1) is 12.3. The fraction of sp³-hybridized carbons (Fsp3) is 0.308. The zero-order valence-corrected chi connectivity index (χ0v) is 9.31. The highest BCUT2D eigenvalue weighted by Crippen LogP contribution is 2.09. The van der Waals surface area contributed by atoms with E-state index < -0.39 is 5.97 Å². The molecule has 0 heterocycles. The van der Waals surface area contributed by atoms with Crippen LogP contribution in [0.5, 0.6) is 0 Å². The minimum Gasteiger partial charge on any atom is -0.478 e. The molecule has 0 aliphatic rings. The van der Waals surface area contributed by atoms with E-state index in [1.165, 1.54) is 0 Å². The van der Waals surface area contributed by atoms with Crippen LogP contribution in [0.25, 0.3) is 0 Å². The molecular weight excluding hydrogens is 202 g/mol. The maximum Gasteiger partial charge on any atom is 0.335 e. The second-order valence-electron chi connectivity index (χ2n) is 3.65. The van der Waals surface area contributed by atoms with Gasteiger partial charge in [0.15, 0.2) is 0 Å². The Hall–Kier alpha value is -1.79. The lowest BCUT2D eigenvalue weighted by Crippen LogP contribution is -2.22. The molecule has 84 valence electrons. The van der Waals surface area contributed by atoms with Crippen molar-refractivity contribution in [2.24, 2.45) is 0 Å². The number of terminal acetylenes is 1. The van der Waals surface area contributed by atoms with Crippen molar-refractivity contribution < 1.29 is 9.90 Å². The Morgan fingerprint density at radius 1 is 1.50 bits per heavy atom.